The van der Waals surface area contributed by atoms with E-state index in [1.807, 2.05) is 4.57 Å². The van der Waals surface area contributed by atoms with Crippen LogP contribution >= 0.6 is 23.8 Å². The number of hydrogen-bond donors (Lipinski definition) is 1. The number of nitrogens with one attached hydrogen (secondary N) is 1. The Morgan fingerprint density at radius 2 is 2.11 bits per heavy atom. The molecule has 3 rings (SSSR count). The van der Waals surface area contributed by atoms with Crippen LogP contribution in [0.25, 0.3) is 11.0 Å². The molecule has 1 atom stereocenters. The van der Waals surface area contributed by atoms with E-state index in [-0.39, 0.29) is 5.02 Å². The maximum absolute atomic E-state index is 13.7. The molecule has 19 heavy (non-hydrogen) atoms. The van der Waals surface area contributed by atoms with Crippen molar-refractivity contribution in [3.63, 3.8) is 0 Å². The standard InChI is InChI=1S/C14H16ClFN2S/c1-8(9-4-2-3-5-9)18-13-7-11(16)10(15)6-12(13)17-14(18)19/h6-9H,2-5H2,1H3,(H,17,19). The van der Waals surface area contributed by atoms with Crippen LogP contribution < -0.4 is 0 Å². The lowest BCUT2D eigenvalue weighted by molar-refractivity contribution is 0.365. The normalized spacial score (nSPS) is 18.3. The maximum atomic E-state index is 13.7. The molecule has 1 aromatic heterocycles. The average molecular weight is 299 g/mol. The van der Waals surface area contributed by atoms with Gasteiger partial charge in [0, 0.05) is 12.1 Å². The molecule has 2 nitrogen and oxygen atoms in total. The van der Waals surface area contributed by atoms with Crippen molar-refractivity contribution in [1.82, 2.24) is 9.55 Å². The Labute approximate surface area is 121 Å². The lowest BCUT2D eigenvalue weighted by atomic mass is 9.99. The van der Waals surface area contributed by atoms with Crippen LogP contribution in [0.2, 0.25) is 5.02 Å². The summed E-state index contributed by atoms with van der Waals surface area (Å²) < 4.78 is 16.4. The lowest BCUT2D eigenvalue weighted by Gasteiger charge is -2.21. The summed E-state index contributed by atoms with van der Waals surface area (Å²) in [6, 6.07) is 3.39. The highest BCUT2D eigenvalue weighted by Crippen LogP contribution is 2.36. The number of fused-ring (bicyclic) bond motifs is 1. The van der Waals surface area contributed by atoms with Gasteiger partial charge in [-0.25, -0.2) is 4.39 Å². The molecule has 0 saturated heterocycles. The second-order valence-corrected chi connectivity index (χ2v) is 6.16. The van der Waals surface area contributed by atoms with Crippen LogP contribution in [-0.4, -0.2) is 9.55 Å². The Kier molecular flexibility index (Phi) is 3.39. The molecule has 0 spiro atoms. The summed E-state index contributed by atoms with van der Waals surface area (Å²) >= 11 is 11.2. The lowest BCUT2D eigenvalue weighted by Crippen LogP contribution is -2.14. The molecule has 0 bridgehead atoms. The molecule has 0 aliphatic heterocycles. The van der Waals surface area contributed by atoms with Crippen LogP contribution in [0.1, 0.15) is 38.6 Å². The second-order valence-electron chi connectivity index (χ2n) is 5.37. The number of halogens is 2. The molecule has 1 heterocycles. The molecule has 0 amide bonds. The van der Waals surface area contributed by atoms with E-state index in [4.69, 9.17) is 23.8 Å². The van der Waals surface area contributed by atoms with Crippen LogP contribution in [0, 0.1) is 16.5 Å². The fraction of sp³-hybridized carbons (Fsp3) is 0.500. The van der Waals surface area contributed by atoms with E-state index in [0.29, 0.717) is 16.7 Å². The Morgan fingerprint density at radius 1 is 1.42 bits per heavy atom. The topological polar surface area (TPSA) is 20.7 Å². The summed E-state index contributed by atoms with van der Waals surface area (Å²) in [5.74, 6) is 0.236. The summed E-state index contributed by atoms with van der Waals surface area (Å²) in [6.45, 7) is 2.17. The van der Waals surface area contributed by atoms with E-state index >= 15 is 0 Å². The van der Waals surface area contributed by atoms with Gasteiger partial charge in [-0.2, -0.15) is 0 Å². The minimum atomic E-state index is -0.393. The predicted molar refractivity (Wildman–Crippen MR) is 78.8 cm³/mol. The van der Waals surface area contributed by atoms with Crippen molar-refractivity contribution in [3.8, 4) is 0 Å². The molecule has 1 aromatic carbocycles. The van der Waals surface area contributed by atoms with Gasteiger partial charge in [0.15, 0.2) is 4.77 Å². The molecule has 5 heteroatoms. The first kappa shape index (κ1) is 13.1. The Balaban J connectivity index is 2.14. The number of hydrogen-bond acceptors (Lipinski definition) is 1. The third kappa shape index (κ3) is 2.21. The average Bonchev–Trinajstić information content (AvgIpc) is 2.97. The van der Waals surface area contributed by atoms with Gasteiger partial charge >= 0.3 is 0 Å². The molecule has 0 radical (unpaired) electrons. The number of aromatic amines is 1. The first-order valence-electron chi connectivity index (χ1n) is 6.67. The quantitative estimate of drug-likeness (QED) is 0.752. The van der Waals surface area contributed by atoms with Crippen molar-refractivity contribution in [1.29, 1.82) is 0 Å². The zero-order valence-corrected chi connectivity index (χ0v) is 12.3. The zero-order chi connectivity index (χ0) is 13.6. The van der Waals surface area contributed by atoms with Gasteiger partial charge < -0.3 is 9.55 Å². The van der Waals surface area contributed by atoms with Crippen molar-refractivity contribution in [2.24, 2.45) is 5.92 Å². The highest BCUT2D eigenvalue weighted by Gasteiger charge is 2.24. The molecule has 1 N–H and O–H groups in total. The monoisotopic (exact) mass is 298 g/mol. The second kappa shape index (κ2) is 4.91. The molecule has 2 aromatic rings. The Bertz CT molecular complexity index is 670. The van der Waals surface area contributed by atoms with Gasteiger partial charge in [-0.3, -0.25) is 0 Å². The number of nitrogens with zero attached hydrogens (tertiary/aromatic N) is 1. The van der Waals surface area contributed by atoms with Gasteiger partial charge in [0.25, 0.3) is 0 Å². The maximum Gasteiger partial charge on any atom is 0.178 e. The van der Waals surface area contributed by atoms with Gasteiger partial charge in [-0.15, -0.1) is 0 Å². The molecule has 1 saturated carbocycles. The largest absolute Gasteiger partial charge is 0.331 e. The zero-order valence-electron chi connectivity index (χ0n) is 10.7. The van der Waals surface area contributed by atoms with E-state index in [0.717, 1.165) is 11.0 Å². The summed E-state index contributed by atoms with van der Waals surface area (Å²) in [5.41, 5.74) is 1.62. The molecule has 1 unspecified atom stereocenters. The minimum Gasteiger partial charge on any atom is -0.331 e. The van der Waals surface area contributed by atoms with E-state index in [9.17, 15) is 4.39 Å². The molecular formula is C14H16ClFN2S. The summed E-state index contributed by atoms with van der Waals surface area (Å²) in [6.07, 6.45) is 5.02. The Hall–Kier alpha value is -0.870. The van der Waals surface area contributed by atoms with Crippen LogP contribution in [0.4, 0.5) is 4.39 Å². The van der Waals surface area contributed by atoms with Gasteiger partial charge in [0.05, 0.1) is 16.1 Å². The number of H-pyrrole nitrogens is 1. The fourth-order valence-electron chi connectivity index (χ4n) is 3.18. The highest BCUT2D eigenvalue weighted by molar-refractivity contribution is 7.71. The SMILES string of the molecule is CC(C1CCCC1)n1c(=S)[nH]c2cc(Cl)c(F)cc21. The van der Waals surface area contributed by atoms with Crippen molar-refractivity contribution >= 4 is 34.9 Å². The molecule has 1 aliphatic carbocycles. The molecule has 1 aliphatic rings. The fourth-order valence-corrected chi connectivity index (χ4v) is 3.71. The summed E-state index contributed by atoms with van der Waals surface area (Å²) in [5, 5.41) is 0.129. The van der Waals surface area contributed by atoms with E-state index in [2.05, 4.69) is 11.9 Å². The molecule has 1 fully saturated rings. The van der Waals surface area contributed by atoms with Crippen LogP contribution in [-0.2, 0) is 0 Å². The highest BCUT2D eigenvalue weighted by atomic mass is 35.5. The molecule has 102 valence electrons. The van der Waals surface area contributed by atoms with Gasteiger partial charge in [0.2, 0.25) is 0 Å². The van der Waals surface area contributed by atoms with Gasteiger partial charge in [0.1, 0.15) is 5.82 Å². The first-order chi connectivity index (χ1) is 9.08. The number of rotatable bonds is 2. The number of benzene rings is 1. The minimum absolute atomic E-state index is 0.129. The van der Waals surface area contributed by atoms with Crippen molar-refractivity contribution < 1.29 is 4.39 Å². The van der Waals surface area contributed by atoms with E-state index in [1.165, 1.54) is 31.7 Å². The molecular weight excluding hydrogens is 283 g/mol. The van der Waals surface area contributed by atoms with Crippen molar-refractivity contribution in [2.45, 2.75) is 38.6 Å². The van der Waals surface area contributed by atoms with E-state index in [1.54, 1.807) is 6.07 Å². The Morgan fingerprint density at radius 3 is 2.79 bits per heavy atom. The van der Waals surface area contributed by atoms with Gasteiger partial charge in [-0.05, 0) is 44.0 Å². The number of aromatic nitrogens is 2. The van der Waals surface area contributed by atoms with Gasteiger partial charge in [-0.1, -0.05) is 24.4 Å². The first-order valence-corrected chi connectivity index (χ1v) is 7.46. The van der Waals surface area contributed by atoms with E-state index < -0.39 is 5.82 Å². The summed E-state index contributed by atoms with van der Waals surface area (Å²) in [4.78, 5) is 3.13. The smallest absolute Gasteiger partial charge is 0.178 e. The predicted octanol–water partition coefficient (Wildman–Crippen LogP) is 5.24. The third-order valence-electron chi connectivity index (χ3n) is 4.25. The van der Waals surface area contributed by atoms with Crippen LogP contribution in [0.5, 0.6) is 0 Å². The number of imidazole rings is 1. The third-order valence-corrected chi connectivity index (χ3v) is 4.84. The summed E-state index contributed by atoms with van der Waals surface area (Å²) in [7, 11) is 0. The van der Waals surface area contributed by atoms with Crippen LogP contribution in [0.15, 0.2) is 12.1 Å². The van der Waals surface area contributed by atoms with Crippen molar-refractivity contribution in [2.75, 3.05) is 0 Å². The van der Waals surface area contributed by atoms with Crippen LogP contribution in [0.3, 0.4) is 0 Å². The van der Waals surface area contributed by atoms with Crippen molar-refractivity contribution in [3.05, 3.63) is 27.7 Å².